The first-order valence-corrected chi connectivity index (χ1v) is 5.19. The van der Waals surface area contributed by atoms with E-state index in [0.29, 0.717) is 6.61 Å². The third kappa shape index (κ3) is 4.53. The quantitative estimate of drug-likeness (QED) is 0.741. The molecule has 0 saturated heterocycles. The highest BCUT2D eigenvalue weighted by molar-refractivity contribution is 5.28. The molecular weight excluding hydrogens is 186 g/mol. The molecule has 0 radical (unpaired) electrons. The van der Waals surface area contributed by atoms with Crippen molar-refractivity contribution in [2.75, 3.05) is 13.2 Å². The van der Waals surface area contributed by atoms with Gasteiger partial charge in [0.15, 0.2) is 0 Å². The highest BCUT2D eigenvalue weighted by Gasteiger charge is 1.95. The number of benzene rings is 1. The monoisotopic (exact) mass is 203 g/mol. The van der Waals surface area contributed by atoms with Crippen LogP contribution in [-0.4, -0.2) is 13.2 Å². The Morgan fingerprint density at radius 3 is 3.00 bits per heavy atom. The van der Waals surface area contributed by atoms with Crippen molar-refractivity contribution in [1.82, 2.24) is 5.32 Å². The van der Waals surface area contributed by atoms with E-state index in [2.05, 4.69) is 30.1 Å². The van der Waals surface area contributed by atoms with Crippen molar-refractivity contribution in [3.05, 3.63) is 29.8 Å². The summed E-state index contributed by atoms with van der Waals surface area (Å²) in [5.41, 5.74) is 1.24. The standard InChI is InChI=1S/C13H17NO/c1-3-5-9-15-13-8-6-7-12(10-13)11-14-4-2/h6-8,10,14H,4,9,11H2,1-2H3. The summed E-state index contributed by atoms with van der Waals surface area (Å²) < 4.78 is 5.47. The molecule has 0 heterocycles. The molecule has 80 valence electrons. The van der Waals surface area contributed by atoms with Gasteiger partial charge in [0.25, 0.3) is 0 Å². The molecule has 15 heavy (non-hydrogen) atoms. The maximum atomic E-state index is 5.47. The molecule has 0 aliphatic heterocycles. The summed E-state index contributed by atoms with van der Waals surface area (Å²) in [7, 11) is 0. The van der Waals surface area contributed by atoms with Crippen LogP contribution in [0.4, 0.5) is 0 Å². The van der Waals surface area contributed by atoms with E-state index in [4.69, 9.17) is 4.74 Å². The van der Waals surface area contributed by atoms with Crippen LogP contribution in [0.5, 0.6) is 5.75 Å². The smallest absolute Gasteiger partial charge is 0.149 e. The molecule has 0 aromatic heterocycles. The zero-order chi connectivity index (χ0) is 10.9. The second-order valence-corrected chi connectivity index (χ2v) is 3.14. The first-order valence-electron chi connectivity index (χ1n) is 5.19. The minimum absolute atomic E-state index is 0.459. The van der Waals surface area contributed by atoms with Crippen molar-refractivity contribution in [1.29, 1.82) is 0 Å². The fourth-order valence-corrected chi connectivity index (χ4v) is 1.21. The van der Waals surface area contributed by atoms with Gasteiger partial charge in [-0.25, -0.2) is 0 Å². The van der Waals surface area contributed by atoms with Crippen LogP contribution in [-0.2, 0) is 6.54 Å². The van der Waals surface area contributed by atoms with Crippen LogP contribution >= 0.6 is 0 Å². The van der Waals surface area contributed by atoms with Crippen LogP contribution < -0.4 is 10.1 Å². The molecule has 0 amide bonds. The zero-order valence-electron chi connectivity index (χ0n) is 9.34. The Hall–Kier alpha value is -1.46. The van der Waals surface area contributed by atoms with Crippen molar-refractivity contribution in [2.45, 2.75) is 20.4 Å². The molecule has 1 aromatic rings. The molecule has 2 nitrogen and oxygen atoms in total. The highest BCUT2D eigenvalue weighted by Crippen LogP contribution is 2.12. The molecule has 0 bridgehead atoms. The molecular formula is C13H17NO. The maximum Gasteiger partial charge on any atom is 0.149 e. The second kappa shape index (κ2) is 6.92. The Labute approximate surface area is 91.6 Å². The average Bonchev–Trinajstić information content (AvgIpc) is 2.27. The minimum Gasteiger partial charge on any atom is -0.481 e. The molecule has 0 atom stereocenters. The Balaban J connectivity index is 2.52. The molecule has 0 aliphatic carbocycles. The van der Waals surface area contributed by atoms with Gasteiger partial charge >= 0.3 is 0 Å². The zero-order valence-corrected chi connectivity index (χ0v) is 9.34. The van der Waals surface area contributed by atoms with Gasteiger partial charge in [-0.05, 0) is 31.2 Å². The van der Waals surface area contributed by atoms with Gasteiger partial charge in [0.1, 0.15) is 12.4 Å². The van der Waals surface area contributed by atoms with E-state index in [-0.39, 0.29) is 0 Å². The summed E-state index contributed by atoms with van der Waals surface area (Å²) in [4.78, 5) is 0. The van der Waals surface area contributed by atoms with E-state index in [1.165, 1.54) is 5.56 Å². The van der Waals surface area contributed by atoms with E-state index >= 15 is 0 Å². The lowest BCUT2D eigenvalue weighted by molar-refractivity contribution is 0.369. The molecule has 0 spiro atoms. The molecule has 0 unspecified atom stereocenters. The summed E-state index contributed by atoms with van der Waals surface area (Å²) in [6.07, 6.45) is 0. The van der Waals surface area contributed by atoms with E-state index in [0.717, 1.165) is 18.8 Å². The lowest BCUT2D eigenvalue weighted by atomic mass is 10.2. The van der Waals surface area contributed by atoms with Gasteiger partial charge in [-0.3, -0.25) is 0 Å². The van der Waals surface area contributed by atoms with Crippen molar-refractivity contribution in [2.24, 2.45) is 0 Å². The number of rotatable bonds is 5. The van der Waals surface area contributed by atoms with Gasteiger partial charge in [-0.15, -0.1) is 5.92 Å². The van der Waals surface area contributed by atoms with Gasteiger partial charge in [-0.2, -0.15) is 0 Å². The molecule has 0 aliphatic rings. The van der Waals surface area contributed by atoms with Crippen molar-refractivity contribution < 1.29 is 4.74 Å². The lowest BCUT2D eigenvalue weighted by Crippen LogP contribution is -2.11. The second-order valence-electron chi connectivity index (χ2n) is 3.14. The fraction of sp³-hybridized carbons (Fsp3) is 0.385. The SMILES string of the molecule is CC#CCOc1cccc(CNCC)c1. The molecule has 2 heteroatoms. The first kappa shape index (κ1) is 11.6. The number of ether oxygens (including phenoxy) is 1. The lowest BCUT2D eigenvalue weighted by Gasteiger charge is -2.05. The molecule has 1 N–H and O–H groups in total. The molecule has 0 fully saturated rings. The largest absolute Gasteiger partial charge is 0.481 e. The van der Waals surface area contributed by atoms with E-state index in [9.17, 15) is 0 Å². The maximum absolute atomic E-state index is 5.47. The Morgan fingerprint density at radius 2 is 2.27 bits per heavy atom. The Bertz CT molecular complexity index is 349. The van der Waals surface area contributed by atoms with Gasteiger partial charge < -0.3 is 10.1 Å². The highest BCUT2D eigenvalue weighted by atomic mass is 16.5. The average molecular weight is 203 g/mol. The third-order valence-electron chi connectivity index (χ3n) is 1.97. The molecule has 1 rings (SSSR count). The fourth-order valence-electron chi connectivity index (χ4n) is 1.21. The number of hydrogen-bond acceptors (Lipinski definition) is 2. The third-order valence-corrected chi connectivity index (χ3v) is 1.97. The summed E-state index contributed by atoms with van der Waals surface area (Å²) >= 11 is 0. The van der Waals surface area contributed by atoms with Crippen molar-refractivity contribution in [3.63, 3.8) is 0 Å². The molecule has 1 aromatic carbocycles. The van der Waals surface area contributed by atoms with Crippen LogP contribution in [0.1, 0.15) is 19.4 Å². The van der Waals surface area contributed by atoms with Crippen LogP contribution in [0, 0.1) is 11.8 Å². The predicted octanol–water partition coefficient (Wildman–Crippen LogP) is 2.20. The van der Waals surface area contributed by atoms with Crippen LogP contribution in [0.15, 0.2) is 24.3 Å². The van der Waals surface area contributed by atoms with Crippen LogP contribution in [0.25, 0.3) is 0 Å². The molecule has 0 saturated carbocycles. The van der Waals surface area contributed by atoms with Gasteiger partial charge in [0, 0.05) is 6.54 Å². The summed E-state index contributed by atoms with van der Waals surface area (Å²) in [6, 6.07) is 8.08. The first-order chi connectivity index (χ1) is 7.36. The van der Waals surface area contributed by atoms with Crippen LogP contribution in [0.3, 0.4) is 0 Å². The minimum atomic E-state index is 0.459. The number of nitrogens with one attached hydrogen (secondary N) is 1. The summed E-state index contributed by atoms with van der Waals surface area (Å²) in [5.74, 6) is 6.55. The predicted molar refractivity (Wildman–Crippen MR) is 62.8 cm³/mol. The summed E-state index contributed by atoms with van der Waals surface area (Å²) in [5, 5.41) is 3.28. The van der Waals surface area contributed by atoms with Gasteiger partial charge in [0.05, 0.1) is 0 Å². The van der Waals surface area contributed by atoms with Gasteiger partial charge in [-0.1, -0.05) is 25.0 Å². The van der Waals surface area contributed by atoms with E-state index in [1.54, 1.807) is 0 Å². The van der Waals surface area contributed by atoms with Gasteiger partial charge in [0.2, 0.25) is 0 Å². The summed E-state index contributed by atoms with van der Waals surface area (Å²) in [6.45, 7) is 6.23. The number of hydrogen-bond donors (Lipinski definition) is 1. The van der Waals surface area contributed by atoms with E-state index in [1.807, 2.05) is 25.1 Å². The van der Waals surface area contributed by atoms with E-state index < -0.39 is 0 Å². The van der Waals surface area contributed by atoms with Crippen molar-refractivity contribution >= 4 is 0 Å². The Morgan fingerprint density at radius 1 is 1.40 bits per heavy atom. The normalized spacial score (nSPS) is 9.20. The van der Waals surface area contributed by atoms with Crippen molar-refractivity contribution in [3.8, 4) is 17.6 Å². The Kier molecular flexibility index (Phi) is 5.35. The topological polar surface area (TPSA) is 21.3 Å². The van der Waals surface area contributed by atoms with Crippen LogP contribution in [0.2, 0.25) is 0 Å².